The molecular formula is C9H14N4O2S. The number of anilines is 1. The summed E-state index contributed by atoms with van der Waals surface area (Å²) in [5.74, 6) is 0.227. The Labute approximate surface area is 94.7 Å². The summed E-state index contributed by atoms with van der Waals surface area (Å²) in [4.78, 5) is 0. The molecule has 1 aromatic heterocycles. The maximum atomic E-state index is 11.5. The van der Waals surface area contributed by atoms with Gasteiger partial charge >= 0.3 is 0 Å². The average Bonchev–Trinajstić information content (AvgIpc) is 2.64. The summed E-state index contributed by atoms with van der Waals surface area (Å²) >= 11 is 0. The van der Waals surface area contributed by atoms with Gasteiger partial charge in [-0.2, -0.15) is 10.4 Å². The van der Waals surface area contributed by atoms with Crippen molar-refractivity contribution in [3.63, 3.8) is 0 Å². The van der Waals surface area contributed by atoms with E-state index < -0.39 is 15.3 Å². The molecule has 0 saturated heterocycles. The van der Waals surface area contributed by atoms with Crippen molar-refractivity contribution in [2.45, 2.75) is 31.9 Å². The molecule has 1 rings (SSSR count). The summed E-state index contributed by atoms with van der Waals surface area (Å²) in [6.45, 7) is 3.34. The van der Waals surface area contributed by atoms with E-state index in [0.717, 1.165) is 18.5 Å². The molecule has 0 aliphatic rings. The fourth-order valence-electron chi connectivity index (χ4n) is 1.11. The molecule has 0 aromatic carbocycles. The van der Waals surface area contributed by atoms with Gasteiger partial charge in [-0.05, 0) is 13.3 Å². The lowest BCUT2D eigenvalue weighted by Gasteiger charge is -2.05. The minimum Gasteiger partial charge on any atom is -0.280 e. The minimum absolute atomic E-state index is 0.227. The number of aromatic nitrogens is 2. The molecule has 6 nitrogen and oxygen atoms in total. The maximum absolute atomic E-state index is 11.5. The predicted octanol–water partition coefficient (Wildman–Crippen LogP) is 1.02. The smallest absolute Gasteiger partial charge is 0.250 e. The molecule has 0 aliphatic heterocycles. The molecule has 0 spiro atoms. The van der Waals surface area contributed by atoms with Crippen LogP contribution in [0.2, 0.25) is 0 Å². The Morgan fingerprint density at radius 2 is 2.38 bits per heavy atom. The number of hydrogen-bond donors (Lipinski definition) is 2. The lowest BCUT2D eigenvalue weighted by molar-refractivity contribution is 0.597. The molecule has 7 heteroatoms. The molecule has 0 saturated carbocycles. The number of nitriles is 1. The highest BCUT2D eigenvalue weighted by Crippen LogP contribution is 2.11. The standard InChI is InChI=1S/C9H14N4O2S/c1-3-4-8-5-9(12-11-8)13-16(14,15)7(2)6-10/h5,7H,3-4H2,1-2H3,(H2,11,12,13). The fourth-order valence-corrected chi connectivity index (χ4v) is 1.83. The van der Waals surface area contributed by atoms with Crippen molar-refractivity contribution >= 4 is 15.8 Å². The summed E-state index contributed by atoms with van der Waals surface area (Å²) in [6.07, 6.45) is 1.76. The van der Waals surface area contributed by atoms with Gasteiger partial charge in [0, 0.05) is 11.8 Å². The lowest BCUT2D eigenvalue weighted by Crippen LogP contribution is -2.23. The van der Waals surface area contributed by atoms with Crippen LogP contribution in [0.4, 0.5) is 5.82 Å². The number of aromatic amines is 1. The monoisotopic (exact) mass is 242 g/mol. The van der Waals surface area contributed by atoms with Crippen LogP contribution in [0, 0.1) is 11.3 Å². The fraction of sp³-hybridized carbons (Fsp3) is 0.556. The summed E-state index contributed by atoms with van der Waals surface area (Å²) < 4.78 is 25.3. The summed E-state index contributed by atoms with van der Waals surface area (Å²) in [5, 5.41) is 14.0. The zero-order chi connectivity index (χ0) is 12.2. The average molecular weight is 242 g/mol. The van der Waals surface area contributed by atoms with Crippen LogP contribution < -0.4 is 4.72 Å². The van der Waals surface area contributed by atoms with Gasteiger partial charge in [-0.25, -0.2) is 8.42 Å². The summed E-state index contributed by atoms with van der Waals surface area (Å²) in [6, 6.07) is 3.30. The number of rotatable bonds is 5. The van der Waals surface area contributed by atoms with E-state index in [9.17, 15) is 8.42 Å². The molecule has 1 aromatic rings. The highest BCUT2D eigenvalue weighted by Gasteiger charge is 2.20. The van der Waals surface area contributed by atoms with Crippen molar-refractivity contribution in [3.8, 4) is 6.07 Å². The van der Waals surface area contributed by atoms with Gasteiger partial charge in [-0.3, -0.25) is 9.82 Å². The number of aryl methyl sites for hydroxylation is 1. The highest BCUT2D eigenvalue weighted by molar-refractivity contribution is 7.93. The zero-order valence-electron chi connectivity index (χ0n) is 9.19. The first-order valence-corrected chi connectivity index (χ1v) is 6.49. The summed E-state index contributed by atoms with van der Waals surface area (Å²) in [5.41, 5.74) is 0.866. The van der Waals surface area contributed by atoms with Gasteiger partial charge < -0.3 is 0 Å². The van der Waals surface area contributed by atoms with E-state index in [2.05, 4.69) is 14.9 Å². The van der Waals surface area contributed by atoms with Crippen molar-refractivity contribution in [3.05, 3.63) is 11.8 Å². The Hall–Kier alpha value is -1.55. The molecule has 0 fully saturated rings. The SMILES string of the molecule is CCCc1cc(NS(=O)(=O)C(C)C#N)n[nH]1. The number of nitrogens with zero attached hydrogens (tertiary/aromatic N) is 2. The van der Waals surface area contributed by atoms with E-state index in [1.165, 1.54) is 6.92 Å². The third-order valence-corrected chi connectivity index (χ3v) is 3.57. The number of nitrogens with one attached hydrogen (secondary N) is 2. The Morgan fingerprint density at radius 3 is 2.94 bits per heavy atom. The van der Waals surface area contributed by atoms with Crippen LogP contribution in [0.15, 0.2) is 6.07 Å². The van der Waals surface area contributed by atoms with Crippen LogP contribution in [0.3, 0.4) is 0 Å². The van der Waals surface area contributed by atoms with Gasteiger partial charge in [0.15, 0.2) is 11.1 Å². The quantitative estimate of drug-likeness (QED) is 0.805. The van der Waals surface area contributed by atoms with Crippen LogP contribution in [-0.2, 0) is 16.4 Å². The van der Waals surface area contributed by atoms with E-state index in [-0.39, 0.29) is 5.82 Å². The third-order valence-electron chi connectivity index (χ3n) is 2.04. The van der Waals surface area contributed by atoms with E-state index in [1.807, 2.05) is 6.92 Å². The molecule has 1 unspecified atom stereocenters. The number of hydrogen-bond acceptors (Lipinski definition) is 4. The molecule has 88 valence electrons. The van der Waals surface area contributed by atoms with Crippen molar-refractivity contribution in [2.24, 2.45) is 0 Å². The van der Waals surface area contributed by atoms with E-state index in [1.54, 1.807) is 12.1 Å². The van der Waals surface area contributed by atoms with Crippen LogP contribution in [-0.4, -0.2) is 23.9 Å². The first-order chi connectivity index (χ1) is 7.49. The third kappa shape index (κ3) is 2.97. The van der Waals surface area contributed by atoms with Crippen molar-refractivity contribution in [2.75, 3.05) is 4.72 Å². The predicted molar refractivity (Wildman–Crippen MR) is 60.2 cm³/mol. The van der Waals surface area contributed by atoms with Gasteiger partial charge in [0.05, 0.1) is 6.07 Å². The van der Waals surface area contributed by atoms with E-state index >= 15 is 0 Å². The molecule has 1 atom stereocenters. The second-order valence-corrected chi connectivity index (χ2v) is 5.45. The van der Waals surface area contributed by atoms with Gasteiger partial charge in [0.25, 0.3) is 0 Å². The molecule has 1 heterocycles. The zero-order valence-corrected chi connectivity index (χ0v) is 10.0. The largest absolute Gasteiger partial charge is 0.280 e. The lowest BCUT2D eigenvalue weighted by atomic mass is 10.2. The molecular weight excluding hydrogens is 228 g/mol. The molecule has 2 N–H and O–H groups in total. The van der Waals surface area contributed by atoms with Gasteiger partial charge in [-0.1, -0.05) is 13.3 Å². The molecule has 16 heavy (non-hydrogen) atoms. The second kappa shape index (κ2) is 4.99. The molecule has 0 aliphatic carbocycles. The topological polar surface area (TPSA) is 98.6 Å². The Bertz CT molecular complexity index is 486. The van der Waals surface area contributed by atoms with Crippen molar-refractivity contribution in [1.82, 2.24) is 10.2 Å². The Balaban J connectivity index is 2.77. The van der Waals surface area contributed by atoms with E-state index in [4.69, 9.17) is 5.26 Å². The van der Waals surface area contributed by atoms with Gasteiger partial charge in [0.1, 0.15) is 0 Å². The normalized spacial score (nSPS) is 13.1. The highest BCUT2D eigenvalue weighted by atomic mass is 32.2. The maximum Gasteiger partial charge on any atom is 0.250 e. The first-order valence-electron chi connectivity index (χ1n) is 4.95. The van der Waals surface area contributed by atoms with Gasteiger partial charge in [0.2, 0.25) is 10.0 Å². The number of sulfonamides is 1. The van der Waals surface area contributed by atoms with Crippen LogP contribution in [0.5, 0.6) is 0 Å². The van der Waals surface area contributed by atoms with Crippen LogP contribution >= 0.6 is 0 Å². The van der Waals surface area contributed by atoms with Crippen molar-refractivity contribution < 1.29 is 8.42 Å². The van der Waals surface area contributed by atoms with Crippen molar-refractivity contribution in [1.29, 1.82) is 5.26 Å². The second-order valence-electron chi connectivity index (χ2n) is 3.45. The Morgan fingerprint density at radius 1 is 1.69 bits per heavy atom. The Kier molecular flexibility index (Phi) is 3.90. The van der Waals surface area contributed by atoms with Crippen LogP contribution in [0.1, 0.15) is 26.0 Å². The summed E-state index contributed by atoms with van der Waals surface area (Å²) in [7, 11) is -3.66. The van der Waals surface area contributed by atoms with Gasteiger partial charge in [-0.15, -0.1) is 0 Å². The molecule has 0 bridgehead atoms. The molecule has 0 amide bonds. The molecule has 0 radical (unpaired) electrons. The van der Waals surface area contributed by atoms with E-state index in [0.29, 0.717) is 0 Å². The van der Waals surface area contributed by atoms with Crippen LogP contribution in [0.25, 0.3) is 0 Å². The number of H-pyrrole nitrogens is 1. The minimum atomic E-state index is -3.66. The first kappa shape index (κ1) is 12.5.